The lowest BCUT2D eigenvalue weighted by atomic mass is 9.97. The Labute approximate surface area is 88.3 Å². The second-order valence-electron chi connectivity index (χ2n) is 4.45. The average molecular weight is 213 g/mol. The number of hydrazine groups is 1. The van der Waals surface area contributed by atoms with Crippen molar-refractivity contribution in [1.82, 2.24) is 9.97 Å². The van der Waals surface area contributed by atoms with E-state index in [-0.39, 0.29) is 17.2 Å². The van der Waals surface area contributed by atoms with Crippen molar-refractivity contribution in [2.75, 3.05) is 17.3 Å². The molecule has 0 aliphatic rings. The molecule has 1 heterocycles. The van der Waals surface area contributed by atoms with Crippen LogP contribution in [0.1, 0.15) is 20.8 Å². The minimum atomic E-state index is -0.488. The zero-order valence-electron chi connectivity index (χ0n) is 9.13. The Kier molecular flexibility index (Phi) is 3.41. The number of rotatable bonds is 3. The maximum Gasteiger partial charge on any atom is 0.239 e. The molecule has 6 heteroatoms. The molecule has 4 N–H and O–H groups in total. The predicted octanol–water partition coefficient (Wildman–Crippen LogP) is 1.36. The van der Waals surface area contributed by atoms with Crippen molar-refractivity contribution in [3.8, 4) is 0 Å². The number of nitrogens with one attached hydrogen (secondary N) is 2. The van der Waals surface area contributed by atoms with Crippen molar-refractivity contribution < 1.29 is 4.39 Å². The fraction of sp³-hybridized carbons (Fsp3) is 0.556. The smallest absolute Gasteiger partial charge is 0.239 e. The van der Waals surface area contributed by atoms with E-state index in [0.717, 1.165) is 6.20 Å². The van der Waals surface area contributed by atoms with Gasteiger partial charge in [0.15, 0.2) is 11.6 Å². The first-order valence-electron chi connectivity index (χ1n) is 4.65. The molecule has 15 heavy (non-hydrogen) atoms. The van der Waals surface area contributed by atoms with Gasteiger partial charge in [-0.15, -0.1) is 0 Å². The fourth-order valence-electron chi connectivity index (χ4n) is 0.910. The van der Waals surface area contributed by atoms with Gasteiger partial charge in [0.25, 0.3) is 0 Å². The Morgan fingerprint density at radius 3 is 2.67 bits per heavy atom. The van der Waals surface area contributed by atoms with E-state index in [1.165, 1.54) is 0 Å². The first kappa shape index (κ1) is 11.6. The molecule has 1 rings (SSSR count). The van der Waals surface area contributed by atoms with E-state index in [1.807, 2.05) is 20.8 Å². The van der Waals surface area contributed by atoms with E-state index in [2.05, 4.69) is 20.7 Å². The van der Waals surface area contributed by atoms with Gasteiger partial charge in [-0.2, -0.15) is 4.98 Å². The van der Waals surface area contributed by atoms with Crippen LogP contribution < -0.4 is 16.6 Å². The van der Waals surface area contributed by atoms with Gasteiger partial charge in [-0.1, -0.05) is 20.8 Å². The summed E-state index contributed by atoms with van der Waals surface area (Å²) in [5, 5.41) is 2.91. The van der Waals surface area contributed by atoms with E-state index < -0.39 is 5.82 Å². The Hall–Kier alpha value is -1.43. The molecular weight excluding hydrogens is 197 g/mol. The van der Waals surface area contributed by atoms with Crippen molar-refractivity contribution in [2.24, 2.45) is 11.3 Å². The highest BCUT2D eigenvalue weighted by Crippen LogP contribution is 2.16. The average Bonchev–Trinajstić information content (AvgIpc) is 2.15. The van der Waals surface area contributed by atoms with E-state index in [4.69, 9.17) is 5.84 Å². The number of nitrogen functional groups attached to an aromatic ring is 1. The zero-order valence-corrected chi connectivity index (χ0v) is 9.13. The Bertz CT molecular complexity index is 334. The van der Waals surface area contributed by atoms with Crippen LogP contribution in [0.4, 0.5) is 16.2 Å². The summed E-state index contributed by atoms with van der Waals surface area (Å²) in [4.78, 5) is 7.50. The fourth-order valence-corrected chi connectivity index (χ4v) is 0.910. The van der Waals surface area contributed by atoms with Crippen LogP contribution >= 0.6 is 0 Å². The van der Waals surface area contributed by atoms with Gasteiger partial charge >= 0.3 is 0 Å². The molecule has 0 saturated heterocycles. The quantitative estimate of drug-likeness (QED) is 0.522. The molecule has 1 aromatic heterocycles. The summed E-state index contributed by atoms with van der Waals surface area (Å²) in [6.45, 7) is 6.74. The molecule has 0 amide bonds. The maximum absolute atomic E-state index is 13.2. The Morgan fingerprint density at radius 2 is 2.13 bits per heavy atom. The lowest BCUT2D eigenvalue weighted by Crippen LogP contribution is -2.21. The molecule has 1 aromatic rings. The monoisotopic (exact) mass is 213 g/mol. The first-order valence-corrected chi connectivity index (χ1v) is 4.65. The number of nitrogens with two attached hydrogens (primary N) is 1. The van der Waals surface area contributed by atoms with Gasteiger partial charge in [0.05, 0.1) is 6.20 Å². The number of hydrogen-bond acceptors (Lipinski definition) is 5. The normalized spacial score (nSPS) is 11.3. The van der Waals surface area contributed by atoms with Crippen LogP contribution in [-0.2, 0) is 0 Å². The summed E-state index contributed by atoms with van der Waals surface area (Å²) in [7, 11) is 0. The summed E-state index contributed by atoms with van der Waals surface area (Å²) < 4.78 is 13.2. The standard InChI is InChI=1S/C9H16FN5/c1-9(2,3)5-13-7-6(10)4-12-8(14-7)15-11/h4H,5,11H2,1-3H3,(H2,12,13,14,15). The molecule has 0 aromatic carbocycles. The van der Waals surface area contributed by atoms with Crippen LogP contribution in [0.15, 0.2) is 6.20 Å². The largest absolute Gasteiger partial charge is 0.367 e. The van der Waals surface area contributed by atoms with Crippen molar-refractivity contribution >= 4 is 11.8 Å². The van der Waals surface area contributed by atoms with Crippen molar-refractivity contribution in [2.45, 2.75) is 20.8 Å². The van der Waals surface area contributed by atoms with Crippen LogP contribution in [0.2, 0.25) is 0 Å². The van der Waals surface area contributed by atoms with E-state index >= 15 is 0 Å². The second kappa shape index (κ2) is 4.39. The van der Waals surface area contributed by atoms with Gasteiger partial charge in [-0.3, -0.25) is 5.43 Å². The third-order valence-corrected chi connectivity index (χ3v) is 1.66. The van der Waals surface area contributed by atoms with E-state index in [0.29, 0.717) is 6.54 Å². The number of nitrogens with zero attached hydrogens (tertiary/aromatic N) is 2. The first-order chi connectivity index (χ1) is 6.92. The van der Waals surface area contributed by atoms with Crippen molar-refractivity contribution in [1.29, 1.82) is 0 Å². The lowest BCUT2D eigenvalue weighted by Gasteiger charge is -2.19. The molecule has 0 aliphatic carbocycles. The third kappa shape index (κ3) is 3.67. The molecule has 0 radical (unpaired) electrons. The molecular formula is C9H16FN5. The van der Waals surface area contributed by atoms with Crippen LogP contribution in [0, 0.1) is 11.2 Å². The highest BCUT2D eigenvalue weighted by molar-refractivity contribution is 5.40. The van der Waals surface area contributed by atoms with Crippen LogP contribution in [0.25, 0.3) is 0 Å². The number of aromatic nitrogens is 2. The zero-order chi connectivity index (χ0) is 11.5. The molecule has 0 bridgehead atoms. The van der Waals surface area contributed by atoms with Crippen LogP contribution in [0.5, 0.6) is 0 Å². The number of halogens is 1. The second-order valence-corrected chi connectivity index (χ2v) is 4.45. The molecule has 0 saturated carbocycles. The van der Waals surface area contributed by atoms with E-state index in [9.17, 15) is 4.39 Å². The third-order valence-electron chi connectivity index (χ3n) is 1.66. The SMILES string of the molecule is CC(C)(C)CNc1nc(NN)ncc1F. The highest BCUT2D eigenvalue weighted by atomic mass is 19.1. The Morgan fingerprint density at radius 1 is 1.47 bits per heavy atom. The molecule has 0 spiro atoms. The summed E-state index contributed by atoms with van der Waals surface area (Å²) in [5.41, 5.74) is 2.31. The van der Waals surface area contributed by atoms with Gasteiger partial charge < -0.3 is 5.32 Å². The molecule has 0 aliphatic heterocycles. The summed E-state index contributed by atoms with van der Waals surface area (Å²) in [6, 6.07) is 0. The van der Waals surface area contributed by atoms with Gasteiger partial charge in [-0.05, 0) is 5.41 Å². The summed E-state index contributed by atoms with van der Waals surface area (Å²) in [5.74, 6) is 4.99. The van der Waals surface area contributed by atoms with Gasteiger partial charge in [0.1, 0.15) is 0 Å². The topological polar surface area (TPSA) is 75.9 Å². The summed E-state index contributed by atoms with van der Waals surface area (Å²) in [6.07, 6.45) is 1.08. The van der Waals surface area contributed by atoms with E-state index in [1.54, 1.807) is 0 Å². The molecule has 84 valence electrons. The number of hydrogen-bond donors (Lipinski definition) is 3. The highest BCUT2D eigenvalue weighted by Gasteiger charge is 2.12. The van der Waals surface area contributed by atoms with Gasteiger partial charge in [0.2, 0.25) is 5.95 Å². The molecule has 0 fully saturated rings. The van der Waals surface area contributed by atoms with Gasteiger partial charge in [-0.25, -0.2) is 15.2 Å². The molecule has 0 unspecified atom stereocenters. The van der Waals surface area contributed by atoms with Crippen LogP contribution in [0.3, 0.4) is 0 Å². The Balaban J connectivity index is 2.75. The lowest BCUT2D eigenvalue weighted by molar-refractivity contribution is 0.441. The van der Waals surface area contributed by atoms with Crippen LogP contribution in [-0.4, -0.2) is 16.5 Å². The summed E-state index contributed by atoms with van der Waals surface area (Å²) >= 11 is 0. The van der Waals surface area contributed by atoms with Crippen molar-refractivity contribution in [3.05, 3.63) is 12.0 Å². The van der Waals surface area contributed by atoms with Crippen molar-refractivity contribution in [3.63, 3.8) is 0 Å². The number of anilines is 2. The predicted molar refractivity (Wildman–Crippen MR) is 57.7 cm³/mol. The minimum Gasteiger partial charge on any atom is -0.367 e. The maximum atomic E-state index is 13.2. The van der Waals surface area contributed by atoms with Gasteiger partial charge in [0, 0.05) is 6.54 Å². The minimum absolute atomic E-state index is 0.0493. The molecule has 5 nitrogen and oxygen atoms in total. The molecule has 0 atom stereocenters.